The lowest BCUT2D eigenvalue weighted by atomic mass is 9.76. The molecular weight excluding hydrogens is 260 g/mol. The van der Waals surface area contributed by atoms with E-state index in [2.05, 4.69) is 41.7 Å². The highest BCUT2D eigenvalue weighted by Gasteiger charge is 2.38. The Morgan fingerprint density at radius 1 is 1.43 bits per heavy atom. The monoisotopic (exact) mass is 286 g/mol. The van der Waals surface area contributed by atoms with E-state index in [1.165, 1.54) is 37.0 Å². The first-order valence-electron chi connectivity index (χ1n) is 8.21. The zero-order chi connectivity index (χ0) is 14.9. The number of aromatic nitrogens is 3. The van der Waals surface area contributed by atoms with Crippen molar-refractivity contribution in [2.24, 2.45) is 0 Å². The van der Waals surface area contributed by atoms with E-state index >= 15 is 0 Å². The molecule has 4 nitrogen and oxygen atoms in total. The molecule has 1 unspecified atom stereocenters. The average Bonchev–Trinajstić information content (AvgIpc) is 2.88. The molecule has 3 rings (SSSR count). The smallest absolute Gasteiger partial charge is 0.117 e. The largest absolute Gasteiger partial charge is 0.325 e. The molecule has 1 aliphatic rings. The van der Waals surface area contributed by atoms with Gasteiger partial charge in [0.25, 0.3) is 0 Å². The number of piperidine rings is 1. The fraction of sp³-hybridized carbons (Fsp3) is 0.647. The summed E-state index contributed by atoms with van der Waals surface area (Å²) in [5.41, 5.74) is 2.43. The van der Waals surface area contributed by atoms with Gasteiger partial charge < -0.3 is 9.88 Å². The number of hydrogen-bond acceptors (Lipinski definition) is 3. The maximum absolute atomic E-state index is 5.01. The van der Waals surface area contributed by atoms with Crippen molar-refractivity contribution in [3.63, 3.8) is 0 Å². The molecule has 1 N–H and O–H groups in total. The van der Waals surface area contributed by atoms with Crippen LogP contribution in [0.3, 0.4) is 0 Å². The van der Waals surface area contributed by atoms with Crippen LogP contribution in [0.1, 0.15) is 58.3 Å². The lowest BCUT2D eigenvalue weighted by Crippen LogP contribution is -2.45. The van der Waals surface area contributed by atoms with Gasteiger partial charge in [-0.05, 0) is 45.7 Å². The molecule has 0 spiro atoms. The number of imidazole rings is 1. The first-order chi connectivity index (χ1) is 10.2. The summed E-state index contributed by atoms with van der Waals surface area (Å²) in [6.07, 6.45) is 8.63. The Balaban J connectivity index is 2.19. The molecule has 3 heterocycles. The van der Waals surface area contributed by atoms with Crippen LogP contribution in [-0.2, 0) is 5.41 Å². The van der Waals surface area contributed by atoms with Gasteiger partial charge in [0.05, 0.1) is 11.7 Å². The average molecular weight is 286 g/mol. The van der Waals surface area contributed by atoms with E-state index in [0.717, 1.165) is 18.6 Å². The minimum atomic E-state index is 0.177. The molecule has 0 aliphatic carbocycles. The molecule has 0 aromatic carbocycles. The molecule has 0 bridgehead atoms. The van der Waals surface area contributed by atoms with Gasteiger partial charge in [0, 0.05) is 24.2 Å². The van der Waals surface area contributed by atoms with Crippen molar-refractivity contribution in [2.45, 2.75) is 57.9 Å². The Labute approximate surface area is 127 Å². The SMILES string of the molecule is CCCC1(c2nc3cnccc3n2C(C)C)CCCNC1. The third-order valence-electron chi connectivity index (χ3n) is 4.68. The maximum Gasteiger partial charge on any atom is 0.117 e. The van der Waals surface area contributed by atoms with Crippen molar-refractivity contribution in [1.29, 1.82) is 0 Å². The molecule has 114 valence electrons. The van der Waals surface area contributed by atoms with E-state index in [1.54, 1.807) is 0 Å². The third-order valence-corrected chi connectivity index (χ3v) is 4.68. The third kappa shape index (κ3) is 2.46. The van der Waals surface area contributed by atoms with Crippen LogP contribution >= 0.6 is 0 Å². The Morgan fingerprint density at radius 3 is 2.95 bits per heavy atom. The highest BCUT2D eigenvalue weighted by Crippen LogP contribution is 2.38. The standard InChI is InChI=1S/C17H26N4/c1-4-7-17(8-5-9-19-12-17)16-20-14-11-18-10-6-15(14)21(16)13(2)3/h6,10-11,13,19H,4-5,7-9,12H2,1-3H3. The van der Waals surface area contributed by atoms with Gasteiger partial charge in [0.15, 0.2) is 0 Å². The van der Waals surface area contributed by atoms with Crippen LogP contribution < -0.4 is 5.32 Å². The predicted molar refractivity (Wildman–Crippen MR) is 86.6 cm³/mol. The molecule has 21 heavy (non-hydrogen) atoms. The Bertz CT molecular complexity index is 603. The van der Waals surface area contributed by atoms with E-state index in [-0.39, 0.29) is 5.41 Å². The molecule has 0 saturated carbocycles. The number of nitrogens with one attached hydrogen (secondary N) is 1. The number of pyridine rings is 1. The van der Waals surface area contributed by atoms with Crippen LogP contribution in [0.5, 0.6) is 0 Å². The summed E-state index contributed by atoms with van der Waals surface area (Å²) in [7, 11) is 0. The zero-order valence-corrected chi connectivity index (χ0v) is 13.4. The summed E-state index contributed by atoms with van der Waals surface area (Å²) in [6, 6.07) is 2.52. The fourth-order valence-corrected chi connectivity index (χ4v) is 3.81. The van der Waals surface area contributed by atoms with Gasteiger partial charge in [-0.2, -0.15) is 0 Å². The van der Waals surface area contributed by atoms with Crippen molar-refractivity contribution in [2.75, 3.05) is 13.1 Å². The van der Waals surface area contributed by atoms with E-state index in [0.29, 0.717) is 6.04 Å². The summed E-state index contributed by atoms with van der Waals surface area (Å²) in [6.45, 7) is 8.96. The summed E-state index contributed by atoms with van der Waals surface area (Å²) >= 11 is 0. The molecule has 4 heteroatoms. The van der Waals surface area contributed by atoms with Gasteiger partial charge in [0.2, 0.25) is 0 Å². The topological polar surface area (TPSA) is 42.7 Å². The van der Waals surface area contributed by atoms with Crippen LogP contribution in [-0.4, -0.2) is 27.6 Å². The van der Waals surface area contributed by atoms with Gasteiger partial charge in [-0.15, -0.1) is 0 Å². The van der Waals surface area contributed by atoms with Gasteiger partial charge in [-0.3, -0.25) is 4.98 Å². The van der Waals surface area contributed by atoms with Crippen molar-refractivity contribution < 1.29 is 0 Å². The Hall–Kier alpha value is -1.42. The summed E-state index contributed by atoms with van der Waals surface area (Å²) in [5, 5.41) is 3.60. The summed E-state index contributed by atoms with van der Waals surface area (Å²) < 4.78 is 2.43. The number of rotatable bonds is 4. The second-order valence-electron chi connectivity index (χ2n) is 6.57. The second kappa shape index (κ2) is 5.76. The van der Waals surface area contributed by atoms with E-state index in [4.69, 9.17) is 4.98 Å². The molecule has 1 fully saturated rings. The van der Waals surface area contributed by atoms with Crippen molar-refractivity contribution >= 4 is 11.0 Å². The molecule has 1 saturated heterocycles. The number of hydrogen-bond donors (Lipinski definition) is 1. The Kier molecular flexibility index (Phi) is 3.98. The molecule has 1 aliphatic heterocycles. The molecule has 2 aromatic rings. The quantitative estimate of drug-likeness (QED) is 0.936. The van der Waals surface area contributed by atoms with Crippen LogP contribution in [0.2, 0.25) is 0 Å². The van der Waals surface area contributed by atoms with Gasteiger partial charge in [0.1, 0.15) is 11.3 Å². The van der Waals surface area contributed by atoms with Crippen LogP contribution in [0, 0.1) is 0 Å². The van der Waals surface area contributed by atoms with Crippen molar-refractivity contribution in [1.82, 2.24) is 19.9 Å². The fourth-order valence-electron chi connectivity index (χ4n) is 3.81. The van der Waals surface area contributed by atoms with Crippen LogP contribution in [0.4, 0.5) is 0 Å². The van der Waals surface area contributed by atoms with Crippen LogP contribution in [0.15, 0.2) is 18.5 Å². The molecular formula is C17H26N4. The lowest BCUT2D eigenvalue weighted by Gasteiger charge is -2.38. The predicted octanol–water partition coefficient (Wildman–Crippen LogP) is 3.43. The van der Waals surface area contributed by atoms with E-state index in [1.807, 2.05) is 12.4 Å². The molecule has 0 amide bonds. The van der Waals surface area contributed by atoms with E-state index in [9.17, 15) is 0 Å². The Morgan fingerprint density at radius 2 is 2.29 bits per heavy atom. The van der Waals surface area contributed by atoms with Crippen molar-refractivity contribution in [3.05, 3.63) is 24.3 Å². The second-order valence-corrected chi connectivity index (χ2v) is 6.57. The zero-order valence-electron chi connectivity index (χ0n) is 13.4. The maximum atomic E-state index is 5.01. The van der Waals surface area contributed by atoms with Gasteiger partial charge >= 0.3 is 0 Å². The molecule has 1 atom stereocenters. The van der Waals surface area contributed by atoms with Gasteiger partial charge in [-0.25, -0.2) is 4.98 Å². The number of fused-ring (bicyclic) bond motifs is 1. The first-order valence-corrected chi connectivity index (χ1v) is 8.21. The van der Waals surface area contributed by atoms with E-state index < -0.39 is 0 Å². The number of nitrogens with zero attached hydrogens (tertiary/aromatic N) is 3. The normalized spacial score (nSPS) is 23.0. The van der Waals surface area contributed by atoms with Crippen LogP contribution in [0.25, 0.3) is 11.0 Å². The van der Waals surface area contributed by atoms with Gasteiger partial charge in [-0.1, -0.05) is 13.3 Å². The lowest BCUT2D eigenvalue weighted by molar-refractivity contribution is 0.265. The molecule has 2 aromatic heterocycles. The molecule has 0 radical (unpaired) electrons. The summed E-state index contributed by atoms with van der Waals surface area (Å²) in [4.78, 5) is 9.26. The highest BCUT2D eigenvalue weighted by atomic mass is 15.1. The first kappa shape index (κ1) is 14.5. The minimum Gasteiger partial charge on any atom is -0.325 e. The minimum absolute atomic E-state index is 0.177. The van der Waals surface area contributed by atoms with Crippen molar-refractivity contribution in [3.8, 4) is 0 Å². The highest BCUT2D eigenvalue weighted by molar-refractivity contribution is 5.75. The summed E-state index contributed by atoms with van der Waals surface area (Å²) in [5.74, 6) is 1.26.